The number of halogens is 1. The number of carbonyl (C=O) groups is 1. The average molecular weight is 355 g/mol. The van der Waals surface area contributed by atoms with Crippen molar-refractivity contribution in [2.75, 3.05) is 11.1 Å². The van der Waals surface area contributed by atoms with Crippen LogP contribution in [0.25, 0.3) is 0 Å². The number of nitrogens with zero attached hydrogens (tertiary/aromatic N) is 1. The van der Waals surface area contributed by atoms with E-state index in [1.54, 1.807) is 0 Å². The Hall–Kier alpha value is -1.83. The fraction of sp³-hybridized carbons (Fsp3) is 0. The minimum absolute atomic E-state index is 0.0398. The Balaban J connectivity index is 2.32. The van der Waals surface area contributed by atoms with E-state index in [9.17, 15) is 4.79 Å². The number of hydrogen-bond donors (Lipinski definition) is 3. The molecule has 4 N–H and O–H groups in total. The maximum absolute atomic E-state index is 10.9. The highest BCUT2D eigenvalue weighted by Crippen LogP contribution is 2.24. The van der Waals surface area contributed by atoms with Crippen LogP contribution in [0.15, 0.2) is 36.5 Å². The molecule has 6 heteroatoms. The van der Waals surface area contributed by atoms with Gasteiger partial charge in [0.05, 0.1) is 11.3 Å². The molecule has 2 rings (SSSR count). The first-order valence-corrected chi connectivity index (χ1v) is 6.16. The maximum Gasteiger partial charge on any atom is 0.337 e. The van der Waals surface area contributed by atoms with Crippen LogP contribution in [0, 0.1) is 3.57 Å². The Morgan fingerprint density at radius 2 is 1.94 bits per heavy atom. The molecule has 5 nitrogen and oxygen atoms in total. The molecule has 0 spiro atoms. The number of rotatable bonds is 3. The van der Waals surface area contributed by atoms with Crippen LogP contribution in [0.2, 0.25) is 0 Å². The first kappa shape index (κ1) is 12.6. The summed E-state index contributed by atoms with van der Waals surface area (Å²) in [7, 11) is 0. The van der Waals surface area contributed by atoms with Crippen LogP contribution in [-0.4, -0.2) is 16.1 Å². The van der Waals surface area contributed by atoms with Crippen molar-refractivity contribution in [3.63, 3.8) is 0 Å². The van der Waals surface area contributed by atoms with Gasteiger partial charge in [-0.1, -0.05) is 0 Å². The van der Waals surface area contributed by atoms with Crippen molar-refractivity contribution < 1.29 is 9.90 Å². The highest BCUT2D eigenvalue weighted by atomic mass is 127. The molecule has 0 aliphatic heterocycles. The van der Waals surface area contributed by atoms with Crippen LogP contribution < -0.4 is 11.1 Å². The molecule has 0 atom stereocenters. The Morgan fingerprint density at radius 3 is 2.56 bits per heavy atom. The van der Waals surface area contributed by atoms with Crippen molar-refractivity contribution in [2.24, 2.45) is 0 Å². The molecule has 0 unspecified atom stereocenters. The second-order valence-electron chi connectivity index (χ2n) is 3.56. The van der Waals surface area contributed by atoms with Crippen LogP contribution in [0.1, 0.15) is 10.4 Å². The van der Waals surface area contributed by atoms with Crippen molar-refractivity contribution >= 4 is 45.8 Å². The van der Waals surface area contributed by atoms with Crippen molar-refractivity contribution in [1.82, 2.24) is 4.98 Å². The van der Waals surface area contributed by atoms with E-state index in [1.807, 2.05) is 24.3 Å². The van der Waals surface area contributed by atoms with Gasteiger partial charge in [-0.05, 0) is 52.9 Å². The minimum Gasteiger partial charge on any atom is -0.478 e. The molecule has 0 aliphatic rings. The number of benzene rings is 1. The zero-order chi connectivity index (χ0) is 13.1. The Morgan fingerprint density at radius 1 is 1.28 bits per heavy atom. The summed E-state index contributed by atoms with van der Waals surface area (Å²) in [6, 6.07) is 8.98. The van der Waals surface area contributed by atoms with Crippen molar-refractivity contribution in [2.45, 2.75) is 0 Å². The number of nitrogens with two attached hydrogens (primary N) is 1. The van der Waals surface area contributed by atoms with Gasteiger partial charge in [-0.2, -0.15) is 0 Å². The molecule has 1 aromatic carbocycles. The van der Waals surface area contributed by atoms with E-state index >= 15 is 0 Å². The van der Waals surface area contributed by atoms with E-state index in [2.05, 4.69) is 32.9 Å². The minimum atomic E-state index is -1.07. The lowest BCUT2D eigenvalue weighted by molar-refractivity contribution is 0.0698. The molecular formula is C12H10IN3O2. The zero-order valence-electron chi connectivity index (χ0n) is 9.22. The fourth-order valence-electron chi connectivity index (χ4n) is 1.43. The number of pyridine rings is 1. The molecule has 0 amide bonds. The number of nitrogens with one attached hydrogen (secondary N) is 1. The third kappa shape index (κ3) is 2.70. The fourth-order valence-corrected chi connectivity index (χ4v) is 1.79. The Bertz CT molecular complexity index is 584. The molecule has 2 aromatic rings. The first-order chi connectivity index (χ1) is 8.58. The smallest absolute Gasteiger partial charge is 0.337 e. The van der Waals surface area contributed by atoms with E-state index in [0.717, 1.165) is 9.26 Å². The van der Waals surface area contributed by atoms with Crippen LogP contribution in [0.3, 0.4) is 0 Å². The van der Waals surface area contributed by atoms with Crippen LogP contribution in [0.5, 0.6) is 0 Å². The van der Waals surface area contributed by atoms with Crippen molar-refractivity contribution in [3.05, 3.63) is 45.7 Å². The largest absolute Gasteiger partial charge is 0.478 e. The summed E-state index contributed by atoms with van der Waals surface area (Å²) in [6.07, 6.45) is 1.41. The molecule has 92 valence electrons. The van der Waals surface area contributed by atoms with Gasteiger partial charge >= 0.3 is 5.97 Å². The predicted octanol–water partition coefficient (Wildman–Crippen LogP) is 2.71. The average Bonchev–Trinajstić information content (AvgIpc) is 2.34. The number of nitrogen functional groups attached to an aromatic ring is 1. The van der Waals surface area contributed by atoms with Gasteiger partial charge < -0.3 is 16.2 Å². The van der Waals surface area contributed by atoms with Gasteiger partial charge in [0.1, 0.15) is 0 Å². The lowest BCUT2D eigenvalue weighted by atomic mass is 10.2. The highest BCUT2D eigenvalue weighted by molar-refractivity contribution is 14.1. The monoisotopic (exact) mass is 355 g/mol. The molecule has 0 aliphatic carbocycles. The van der Waals surface area contributed by atoms with Gasteiger partial charge in [0.25, 0.3) is 0 Å². The number of carboxylic acids is 1. The molecule has 0 bridgehead atoms. The molecule has 18 heavy (non-hydrogen) atoms. The second-order valence-corrected chi connectivity index (χ2v) is 4.80. The summed E-state index contributed by atoms with van der Waals surface area (Å²) in [4.78, 5) is 15.0. The number of aromatic carboxylic acids is 1. The normalized spacial score (nSPS) is 10.1. The number of aromatic nitrogens is 1. The molecular weight excluding hydrogens is 345 g/mol. The summed E-state index contributed by atoms with van der Waals surface area (Å²) in [6.45, 7) is 0. The molecule has 0 saturated carbocycles. The van der Waals surface area contributed by atoms with E-state index in [0.29, 0.717) is 5.82 Å². The molecule has 1 aromatic heterocycles. The van der Waals surface area contributed by atoms with Crippen LogP contribution in [0.4, 0.5) is 17.2 Å². The SMILES string of the molecule is Nc1c(C(=O)O)ccnc1Nc1ccc(I)cc1. The quantitative estimate of drug-likeness (QED) is 0.737. The topological polar surface area (TPSA) is 88.2 Å². The Kier molecular flexibility index (Phi) is 3.66. The molecule has 0 fully saturated rings. The van der Waals surface area contributed by atoms with E-state index in [-0.39, 0.29) is 11.3 Å². The number of carboxylic acid groups (broad SMARTS) is 1. The van der Waals surface area contributed by atoms with Crippen molar-refractivity contribution in [3.8, 4) is 0 Å². The standard InChI is InChI=1S/C12H10IN3O2/c13-7-1-3-8(4-2-7)16-11-10(14)9(12(17)18)5-6-15-11/h1-6H,14H2,(H,15,16)(H,17,18). The summed E-state index contributed by atoms with van der Waals surface area (Å²) in [5.41, 5.74) is 6.73. The van der Waals surface area contributed by atoms with E-state index < -0.39 is 5.97 Å². The van der Waals surface area contributed by atoms with Crippen LogP contribution in [-0.2, 0) is 0 Å². The van der Waals surface area contributed by atoms with Gasteiger partial charge in [-0.25, -0.2) is 9.78 Å². The third-order valence-corrected chi connectivity index (χ3v) is 3.05. The highest BCUT2D eigenvalue weighted by Gasteiger charge is 2.12. The predicted molar refractivity (Wildman–Crippen MR) is 78.1 cm³/mol. The van der Waals surface area contributed by atoms with E-state index in [4.69, 9.17) is 10.8 Å². The van der Waals surface area contributed by atoms with Crippen molar-refractivity contribution in [1.29, 1.82) is 0 Å². The van der Waals surface area contributed by atoms with Gasteiger partial charge in [-0.3, -0.25) is 0 Å². The molecule has 1 heterocycles. The number of hydrogen-bond acceptors (Lipinski definition) is 4. The summed E-state index contributed by atoms with van der Waals surface area (Å²) in [5.74, 6) is -0.725. The number of anilines is 3. The zero-order valence-corrected chi connectivity index (χ0v) is 11.4. The summed E-state index contributed by atoms with van der Waals surface area (Å²) < 4.78 is 1.11. The second kappa shape index (κ2) is 5.21. The van der Waals surface area contributed by atoms with Gasteiger partial charge in [0.15, 0.2) is 5.82 Å². The van der Waals surface area contributed by atoms with Gasteiger partial charge in [0.2, 0.25) is 0 Å². The van der Waals surface area contributed by atoms with Crippen LogP contribution >= 0.6 is 22.6 Å². The van der Waals surface area contributed by atoms with Gasteiger partial charge in [-0.15, -0.1) is 0 Å². The third-order valence-electron chi connectivity index (χ3n) is 2.33. The summed E-state index contributed by atoms with van der Waals surface area (Å²) >= 11 is 2.20. The maximum atomic E-state index is 10.9. The van der Waals surface area contributed by atoms with E-state index in [1.165, 1.54) is 12.3 Å². The lowest BCUT2D eigenvalue weighted by Gasteiger charge is -2.09. The Labute approximate surface area is 117 Å². The lowest BCUT2D eigenvalue weighted by Crippen LogP contribution is -2.06. The van der Waals surface area contributed by atoms with Gasteiger partial charge in [0, 0.05) is 15.5 Å². The molecule has 0 radical (unpaired) electrons. The summed E-state index contributed by atoms with van der Waals surface area (Å²) in [5, 5.41) is 11.9. The first-order valence-electron chi connectivity index (χ1n) is 5.08. The molecule has 0 saturated heterocycles.